The van der Waals surface area contributed by atoms with Crippen molar-refractivity contribution in [3.63, 3.8) is 0 Å². The van der Waals surface area contributed by atoms with Gasteiger partial charge >= 0.3 is 0 Å². The molecule has 2 amide bonds. The van der Waals surface area contributed by atoms with Crippen molar-refractivity contribution < 1.29 is 14.4 Å². The summed E-state index contributed by atoms with van der Waals surface area (Å²) in [6.07, 6.45) is 3.02. The van der Waals surface area contributed by atoms with Crippen LogP contribution >= 0.6 is 0 Å². The van der Waals surface area contributed by atoms with Crippen molar-refractivity contribution >= 4 is 45.8 Å². The van der Waals surface area contributed by atoms with Gasteiger partial charge in [-0.25, -0.2) is 9.97 Å². The monoisotopic (exact) mass is 428 g/mol. The number of nitrogens with one attached hydrogen (secondary N) is 4. The third-order valence-corrected chi connectivity index (χ3v) is 4.66. The van der Waals surface area contributed by atoms with E-state index in [0.717, 1.165) is 0 Å². The summed E-state index contributed by atoms with van der Waals surface area (Å²) in [5.41, 5.74) is 2.75. The van der Waals surface area contributed by atoms with Crippen molar-refractivity contribution in [2.45, 2.75) is 6.92 Å². The van der Waals surface area contributed by atoms with Crippen LogP contribution in [-0.4, -0.2) is 39.1 Å². The standard InChI is InChI=1S/C23H20N6O3/c1-14(30)24-12-19(31)28-16-8-5-9-17(10-16)29-23-20-18(11-25-22(20)26-13-27-23)21(32)15-6-3-2-4-7-15/h2-11,13H,12H2,1H3,(H,24,30)(H,28,31)(H2,25,26,27,29). The molecular formula is C23H20N6O3. The molecule has 0 atom stereocenters. The van der Waals surface area contributed by atoms with E-state index >= 15 is 0 Å². The van der Waals surface area contributed by atoms with Crippen LogP contribution in [0.4, 0.5) is 17.2 Å². The first kappa shape index (κ1) is 20.7. The molecule has 0 bridgehead atoms. The van der Waals surface area contributed by atoms with Gasteiger partial charge in [0.2, 0.25) is 11.8 Å². The van der Waals surface area contributed by atoms with Gasteiger partial charge in [-0.2, -0.15) is 0 Å². The van der Waals surface area contributed by atoms with Crippen LogP contribution in [0.1, 0.15) is 22.8 Å². The van der Waals surface area contributed by atoms with E-state index in [1.807, 2.05) is 24.3 Å². The number of nitrogens with zero attached hydrogens (tertiary/aromatic N) is 2. The normalized spacial score (nSPS) is 10.5. The number of carbonyl (C=O) groups excluding carboxylic acids is 3. The Hall–Kier alpha value is -4.53. The number of benzene rings is 2. The van der Waals surface area contributed by atoms with Crippen LogP contribution in [0.15, 0.2) is 67.1 Å². The summed E-state index contributed by atoms with van der Waals surface area (Å²) >= 11 is 0. The first-order valence-electron chi connectivity index (χ1n) is 9.84. The molecule has 0 fully saturated rings. The SMILES string of the molecule is CC(=O)NCC(=O)Nc1cccc(Nc2ncnc3[nH]cc(C(=O)c4ccccc4)c23)c1. The fourth-order valence-corrected chi connectivity index (χ4v) is 3.20. The highest BCUT2D eigenvalue weighted by atomic mass is 16.2. The lowest BCUT2D eigenvalue weighted by Gasteiger charge is -2.10. The average molecular weight is 428 g/mol. The minimum atomic E-state index is -0.344. The molecule has 4 aromatic rings. The van der Waals surface area contributed by atoms with Crippen LogP contribution in [0.25, 0.3) is 11.0 Å². The Labute approximate surface area is 183 Å². The number of fused-ring (bicyclic) bond motifs is 1. The lowest BCUT2D eigenvalue weighted by Crippen LogP contribution is -2.31. The second-order valence-electron chi connectivity index (χ2n) is 7.01. The van der Waals surface area contributed by atoms with E-state index in [9.17, 15) is 14.4 Å². The fourth-order valence-electron chi connectivity index (χ4n) is 3.20. The van der Waals surface area contributed by atoms with Gasteiger partial charge < -0.3 is 20.9 Å². The molecule has 0 aliphatic carbocycles. The largest absolute Gasteiger partial charge is 0.347 e. The van der Waals surface area contributed by atoms with Gasteiger partial charge in [0.05, 0.1) is 17.5 Å². The Morgan fingerprint density at radius 1 is 0.969 bits per heavy atom. The molecule has 4 N–H and O–H groups in total. The number of hydrogen-bond donors (Lipinski definition) is 4. The lowest BCUT2D eigenvalue weighted by molar-refractivity contribution is -0.122. The van der Waals surface area contributed by atoms with Crippen molar-refractivity contribution in [3.05, 3.63) is 78.2 Å². The molecule has 2 aromatic heterocycles. The van der Waals surface area contributed by atoms with E-state index < -0.39 is 0 Å². The molecule has 4 rings (SSSR count). The molecule has 0 radical (unpaired) electrons. The molecule has 0 saturated carbocycles. The molecule has 2 aromatic carbocycles. The summed E-state index contributed by atoms with van der Waals surface area (Å²) in [6, 6.07) is 16.0. The maximum absolute atomic E-state index is 13.0. The van der Waals surface area contributed by atoms with Crippen molar-refractivity contribution in [2.75, 3.05) is 17.2 Å². The molecule has 32 heavy (non-hydrogen) atoms. The van der Waals surface area contributed by atoms with Gasteiger partial charge in [0.15, 0.2) is 5.78 Å². The van der Waals surface area contributed by atoms with Gasteiger partial charge in [-0.15, -0.1) is 0 Å². The molecule has 0 aliphatic heterocycles. The molecule has 9 heteroatoms. The number of anilines is 3. The van der Waals surface area contributed by atoms with Crippen molar-refractivity contribution in [3.8, 4) is 0 Å². The van der Waals surface area contributed by atoms with Crippen LogP contribution in [0.3, 0.4) is 0 Å². The topological polar surface area (TPSA) is 129 Å². The van der Waals surface area contributed by atoms with E-state index in [0.29, 0.717) is 39.4 Å². The Morgan fingerprint density at radius 3 is 2.53 bits per heavy atom. The van der Waals surface area contributed by atoms with Crippen LogP contribution in [0.2, 0.25) is 0 Å². The Bertz CT molecular complexity index is 1300. The van der Waals surface area contributed by atoms with Crippen molar-refractivity contribution in [2.24, 2.45) is 0 Å². The molecule has 160 valence electrons. The first-order valence-corrected chi connectivity index (χ1v) is 9.84. The summed E-state index contributed by atoms with van der Waals surface area (Å²) in [5, 5.41) is 8.94. The van der Waals surface area contributed by atoms with E-state index in [1.165, 1.54) is 13.3 Å². The summed E-state index contributed by atoms with van der Waals surface area (Å²) in [5.74, 6) is -0.315. The number of ketones is 1. The quantitative estimate of drug-likeness (QED) is 0.335. The number of hydrogen-bond acceptors (Lipinski definition) is 6. The number of amides is 2. The fraction of sp³-hybridized carbons (Fsp3) is 0.0870. The smallest absolute Gasteiger partial charge is 0.243 e. The minimum absolute atomic E-state index is 0.117. The maximum Gasteiger partial charge on any atom is 0.243 e. The van der Waals surface area contributed by atoms with Gasteiger partial charge in [-0.3, -0.25) is 14.4 Å². The number of H-pyrrole nitrogens is 1. The zero-order chi connectivity index (χ0) is 22.5. The Balaban J connectivity index is 1.60. The molecular weight excluding hydrogens is 408 g/mol. The van der Waals surface area contributed by atoms with Gasteiger partial charge in [0.25, 0.3) is 0 Å². The van der Waals surface area contributed by atoms with Gasteiger partial charge in [-0.05, 0) is 18.2 Å². The number of carbonyl (C=O) groups is 3. The highest BCUT2D eigenvalue weighted by Crippen LogP contribution is 2.28. The van der Waals surface area contributed by atoms with Crippen LogP contribution in [0.5, 0.6) is 0 Å². The van der Waals surface area contributed by atoms with Gasteiger partial charge in [-0.1, -0.05) is 36.4 Å². The number of aromatic amines is 1. The maximum atomic E-state index is 13.0. The van der Waals surface area contributed by atoms with E-state index in [-0.39, 0.29) is 24.1 Å². The Morgan fingerprint density at radius 2 is 1.75 bits per heavy atom. The molecule has 0 aliphatic rings. The minimum Gasteiger partial charge on any atom is -0.347 e. The summed E-state index contributed by atoms with van der Waals surface area (Å²) in [6.45, 7) is 1.23. The summed E-state index contributed by atoms with van der Waals surface area (Å²) < 4.78 is 0. The first-order chi connectivity index (χ1) is 15.5. The summed E-state index contributed by atoms with van der Waals surface area (Å²) in [7, 11) is 0. The number of aromatic nitrogens is 3. The van der Waals surface area contributed by atoms with Crippen molar-refractivity contribution in [1.29, 1.82) is 0 Å². The average Bonchev–Trinajstić information content (AvgIpc) is 3.23. The zero-order valence-electron chi connectivity index (χ0n) is 17.2. The third-order valence-electron chi connectivity index (χ3n) is 4.66. The zero-order valence-corrected chi connectivity index (χ0v) is 17.2. The van der Waals surface area contributed by atoms with Crippen molar-refractivity contribution in [1.82, 2.24) is 20.3 Å². The van der Waals surface area contributed by atoms with E-state index in [2.05, 4.69) is 30.9 Å². The van der Waals surface area contributed by atoms with Crippen LogP contribution < -0.4 is 16.0 Å². The molecule has 9 nitrogen and oxygen atoms in total. The third kappa shape index (κ3) is 4.62. The molecule has 0 spiro atoms. The van der Waals surface area contributed by atoms with Crippen LogP contribution in [-0.2, 0) is 9.59 Å². The lowest BCUT2D eigenvalue weighted by atomic mass is 10.0. The van der Waals surface area contributed by atoms with E-state index in [1.54, 1.807) is 36.5 Å². The highest BCUT2D eigenvalue weighted by molar-refractivity contribution is 6.18. The second-order valence-corrected chi connectivity index (χ2v) is 7.01. The van der Waals surface area contributed by atoms with Gasteiger partial charge in [0, 0.05) is 30.1 Å². The van der Waals surface area contributed by atoms with Crippen LogP contribution in [0, 0.1) is 0 Å². The summed E-state index contributed by atoms with van der Waals surface area (Å²) in [4.78, 5) is 47.5. The van der Waals surface area contributed by atoms with E-state index in [4.69, 9.17) is 0 Å². The predicted molar refractivity (Wildman–Crippen MR) is 121 cm³/mol. The predicted octanol–water partition coefficient (Wildman–Crippen LogP) is 3.01. The van der Waals surface area contributed by atoms with Gasteiger partial charge in [0.1, 0.15) is 17.8 Å². The highest BCUT2D eigenvalue weighted by Gasteiger charge is 2.18. The second kappa shape index (κ2) is 9.09. The molecule has 2 heterocycles. The molecule has 0 saturated heterocycles. The molecule has 0 unspecified atom stereocenters. The number of rotatable bonds is 7. The Kier molecular flexibility index (Phi) is 5.89.